The number of hydrogen-bond acceptors (Lipinski definition) is 2. The molecule has 0 saturated heterocycles. The van der Waals surface area contributed by atoms with E-state index < -0.39 is 0 Å². The summed E-state index contributed by atoms with van der Waals surface area (Å²) in [6.07, 6.45) is 7.89. The normalized spacial score (nSPS) is 16.8. The summed E-state index contributed by atoms with van der Waals surface area (Å²) in [5.41, 5.74) is 1.97. The van der Waals surface area contributed by atoms with E-state index in [1.165, 1.54) is 44.9 Å². The third-order valence-corrected chi connectivity index (χ3v) is 4.00. The Morgan fingerprint density at radius 2 is 2.06 bits per heavy atom. The van der Waals surface area contributed by atoms with Crippen LogP contribution in [0.4, 0.5) is 0 Å². The summed E-state index contributed by atoms with van der Waals surface area (Å²) in [6, 6.07) is 3.98. The monoisotopic (exact) mass is 249 g/mol. The van der Waals surface area contributed by atoms with Gasteiger partial charge in [-0.25, -0.2) is 4.79 Å². The first-order valence-electron chi connectivity index (χ1n) is 7.03. The van der Waals surface area contributed by atoms with Crippen LogP contribution in [-0.4, -0.2) is 17.6 Å². The molecule has 0 amide bonds. The van der Waals surface area contributed by atoms with Gasteiger partial charge in [-0.1, -0.05) is 32.1 Å². The Kier molecular flexibility index (Phi) is 4.45. The lowest BCUT2D eigenvalue weighted by Crippen LogP contribution is -2.15. The van der Waals surface area contributed by atoms with Crippen molar-refractivity contribution in [3.8, 4) is 0 Å². The van der Waals surface area contributed by atoms with Crippen LogP contribution in [0.5, 0.6) is 0 Å². The van der Waals surface area contributed by atoms with Gasteiger partial charge in [0.2, 0.25) is 0 Å². The van der Waals surface area contributed by atoms with Gasteiger partial charge in [0, 0.05) is 12.2 Å². The predicted octanol–water partition coefficient (Wildman–Crippen LogP) is 3.42. The van der Waals surface area contributed by atoms with Gasteiger partial charge < -0.3 is 9.30 Å². The van der Waals surface area contributed by atoms with Crippen LogP contribution in [0, 0.1) is 5.92 Å². The fourth-order valence-corrected chi connectivity index (χ4v) is 3.03. The van der Waals surface area contributed by atoms with Crippen molar-refractivity contribution in [2.75, 3.05) is 7.11 Å². The van der Waals surface area contributed by atoms with Crippen LogP contribution in [0.15, 0.2) is 12.1 Å². The molecule has 18 heavy (non-hydrogen) atoms. The van der Waals surface area contributed by atoms with Crippen LogP contribution in [0.25, 0.3) is 0 Å². The van der Waals surface area contributed by atoms with E-state index in [0.717, 1.165) is 18.9 Å². The fraction of sp³-hybridized carbons (Fsp3) is 0.667. The standard InChI is InChI=1S/C15H23NO2/c1-3-16-13(9-10-14(16)15(17)18-2)11-12-7-5-4-6-8-12/h9-10,12H,3-8,11H2,1-2H3. The summed E-state index contributed by atoms with van der Waals surface area (Å²) < 4.78 is 6.92. The Bertz CT molecular complexity index is 403. The summed E-state index contributed by atoms with van der Waals surface area (Å²) >= 11 is 0. The van der Waals surface area contributed by atoms with Crippen molar-refractivity contribution < 1.29 is 9.53 Å². The van der Waals surface area contributed by atoms with Gasteiger partial charge in [0.05, 0.1) is 7.11 Å². The molecule has 1 aromatic heterocycles. The molecular weight excluding hydrogens is 226 g/mol. The third-order valence-electron chi connectivity index (χ3n) is 4.00. The van der Waals surface area contributed by atoms with Crippen LogP contribution in [0.1, 0.15) is 55.2 Å². The Balaban J connectivity index is 2.12. The van der Waals surface area contributed by atoms with Gasteiger partial charge >= 0.3 is 5.97 Å². The summed E-state index contributed by atoms with van der Waals surface area (Å²) in [7, 11) is 1.44. The molecule has 0 unspecified atom stereocenters. The minimum Gasteiger partial charge on any atom is -0.464 e. The average molecular weight is 249 g/mol. The van der Waals surface area contributed by atoms with Crippen molar-refractivity contribution >= 4 is 5.97 Å². The number of carbonyl (C=O) groups excluding carboxylic acids is 1. The van der Waals surface area contributed by atoms with Crippen molar-refractivity contribution in [3.63, 3.8) is 0 Å². The molecule has 1 aliphatic rings. The first kappa shape index (κ1) is 13.2. The molecule has 1 aromatic rings. The number of rotatable bonds is 4. The molecule has 0 bridgehead atoms. The highest BCUT2D eigenvalue weighted by molar-refractivity contribution is 5.87. The summed E-state index contributed by atoms with van der Waals surface area (Å²) in [5, 5.41) is 0. The van der Waals surface area contributed by atoms with Crippen LogP contribution >= 0.6 is 0 Å². The van der Waals surface area contributed by atoms with E-state index in [9.17, 15) is 4.79 Å². The lowest BCUT2D eigenvalue weighted by Gasteiger charge is -2.22. The molecule has 0 aromatic carbocycles. The van der Waals surface area contributed by atoms with Crippen LogP contribution < -0.4 is 0 Å². The summed E-state index contributed by atoms with van der Waals surface area (Å²) in [4.78, 5) is 11.7. The summed E-state index contributed by atoms with van der Waals surface area (Å²) in [5.74, 6) is 0.566. The average Bonchev–Trinajstić information content (AvgIpc) is 2.81. The quantitative estimate of drug-likeness (QED) is 0.766. The van der Waals surface area contributed by atoms with Gasteiger partial charge in [0.25, 0.3) is 0 Å². The molecule has 100 valence electrons. The molecule has 1 aliphatic carbocycles. The Hall–Kier alpha value is -1.25. The van der Waals surface area contributed by atoms with Gasteiger partial charge in [-0.3, -0.25) is 0 Å². The smallest absolute Gasteiger partial charge is 0.354 e. The number of nitrogens with zero attached hydrogens (tertiary/aromatic N) is 1. The molecule has 1 fully saturated rings. The van der Waals surface area contributed by atoms with Gasteiger partial charge in [0.15, 0.2) is 0 Å². The number of aromatic nitrogens is 1. The second-order valence-corrected chi connectivity index (χ2v) is 5.15. The third kappa shape index (κ3) is 2.77. The maximum absolute atomic E-state index is 11.7. The minimum absolute atomic E-state index is 0.230. The van der Waals surface area contributed by atoms with Crippen molar-refractivity contribution in [1.82, 2.24) is 4.57 Å². The van der Waals surface area contributed by atoms with Gasteiger partial charge in [-0.15, -0.1) is 0 Å². The van der Waals surface area contributed by atoms with Gasteiger partial charge in [0.1, 0.15) is 5.69 Å². The lowest BCUT2D eigenvalue weighted by atomic mass is 9.86. The number of esters is 1. The number of ether oxygens (including phenoxy) is 1. The SMILES string of the molecule is CCn1c(CC2CCCCC2)ccc1C(=O)OC. The first-order chi connectivity index (χ1) is 8.76. The van der Waals surface area contributed by atoms with Crippen molar-refractivity contribution in [3.05, 3.63) is 23.5 Å². The molecule has 3 heteroatoms. The predicted molar refractivity (Wildman–Crippen MR) is 71.7 cm³/mol. The molecule has 1 heterocycles. The van der Waals surface area contributed by atoms with Crippen molar-refractivity contribution in [1.29, 1.82) is 0 Å². The largest absolute Gasteiger partial charge is 0.464 e. The zero-order valence-corrected chi connectivity index (χ0v) is 11.4. The highest BCUT2D eigenvalue weighted by Gasteiger charge is 2.19. The van der Waals surface area contributed by atoms with Crippen LogP contribution in [-0.2, 0) is 17.7 Å². The lowest BCUT2D eigenvalue weighted by molar-refractivity contribution is 0.0588. The van der Waals surface area contributed by atoms with Crippen LogP contribution in [0.3, 0.4) is 0 Å². The second-order valence-electron chi connectivity index (χ2n) is 5.15. The molecule has 2 rings (SSSR count). The molecule has 0 atom stereocenters. The Labute approximate surface area is 109 Å². The zero-order valence-electron chi connectivity index (χ0n) is 11.4. The molecule has 0 aliphatic heterocycles. The van der Waals surface area contributed by atoms with Gasteiger partial charge in [-0.05, 0) is 31.4 Å². The topological polar surface area (TPSA) is 31.2 Å². The first-order valence-corrected chi connectivity index (χ1v) is 7.03. The van der Waals surface area contributed by atoms with E-state index in [4.69, 9.17) is 4.74 Å². The fourth-order valence-electron chi connectivity index (χ4n) is 3.03. The highest BCUT2D eigenvalue weighted by Crippen LogP contribution is 2.27. The van der Waals surface area contributed by atoms with Crippen LogP contribution in [0.2, 0.25) is 0 Å². The Morgan fingerprint density at radius 3 is 2.67 bits per heavy atom. The summed E-state index contributed by atoms with van der Waals surface area (Å²) in [6.45, 7) is 2.91. The van der Waals surface area contributed by atoms with E-state index in [0.29, 0.717) is 5.69 Å². The molecule has 1 saturated carbocycles. The van der Waals surface area contributed by atoms with Gasteiger partial charge in [-0.2, -0.15) is 0 Å². The minimum atomic E-state index is -0.230. The molecule has 3 nitrogen and oxygen atoms in total. The maximum atomic E-state index is 11.7. The number of hydrogen-bond donors (Lipinski definition) is 0. The van der Waals surface area contributed by atoms with E-state index in [1.54, 1.807) is 0 Å². The van der Waals surface area contributed by atoms with E-state index >= 15 is 0 Å². The highest BCUT2D eigenvalue weighted by atomic mass is 16.5. The van der Waals surface area contributed by atoms with Crippen molar-refractivity contribution in [2.24, 2.45) is 5.92 Å². The second kappa shape index (κ2) is 6.07. The molecular formula is C15H23NO2. The molecule has 0 N–H and O–H groups in total. The number of methoxy groups -OCH3 is 1. The van der Waals surface area contributed by atoms with Crippen molar-refractivity contribution in [2.45, 2.75) is 52.0 Å². The zero-order chi connectivity index (χ0) is 13.0. The Morgan fingerprint density at radius 1 is 1.33 bits per heavy atom. The number of carbonyl (C=O) groups is 1. The maximum Gasteiger partial charge on any atom is 0.354 e. The molecule has 0 spiro atoms. The van der Waals surface area contributed by atoms with E-state index in [1.807, 2.05) is 6.07 Å². The molecule has 0 radical (unpaired) electrons. The van der Waals surface area contributed by atoms with E-state index in [-0.39, 0.29) is 5.97 Å². The van der Waals surface area contributed by atoms with E-state index in [2.05, 4.69) is 17.6 Å².